The third-order valence-corrected chi connectivity index (χ3v) is 2.37. The van der Waals surface area contributed by atoms with Crippen molar-refractivity contribution < 1.29 is 23.1 Å². The molecule has 18 heavy (non-hydrogen) atoms. The van der Waals surface area contributed by atoms with Crippen LogP contribution in [0.3, 0.4) is 0 Å². The van der Waals surface area contributed by atoms with Gasteiger partial charge in [0.2, 0.25) is 0 Å². The van der Waals surface area contributed by atoms with Crippen molar-refractivity contribution in [2.24, 2.45) is 0 Å². The Balaban J connectivity index is 2.83. The molecule has 1 unspecified atom stereocenters. The predicted molar refractivity (Wildman–Crippen MR) is 60.5 cm³/mol. The first-order valence-corrected chi connectivity index (χ1v) is 5.36. The first-order valence-electron chi connectivity index (χ1n) is 5.36. The van der Waals surface area contributed by atoms with Gasteiger partial charge in [-0.1, -0.05) is 29.8 Å². The zero-order valence-electron chi connectivity index (χ0n) is 9.52. The third kappa shape index (κ3) is 4.37. The fourth-order valence-corrected chi connectivity index (χ4v) is 1.48. The van der Waals surface area contributed by atoms with E-state index in [9.17, 15) is 18.0 Å². The summed E-state index contributed by atoms with van der Waals surface area (Å²) in [5.74, 6) is -1.61. The lowest BCUT2D eigenvalue weighted by Crippen LogP contribution is -2.17. The maximum absolute atomic E-state index is 12.7. The van der Waals surface area contributed by atoms with Crippen LogP contribution in [-0.4, -0.2) is 30.5 Å². The lowest BCUT2D eigenvalue weighted by molar-refractivity contribution is -0.137. The molecule has 3 nitrogen and oxygen atoms in total. The maximum atomic E-state index is 12.7. The monoisotopic (exact) mass is 260 g/mol. The molecule has 1 aromatic rings. The number of halogens is 3. The molecule has 1 N–H and O–H groups in total. The van der Waals surface area contributed by atoms with Gasteiger partial charge in [0.05, 0.1) is 13.3 Å². The van der Waals surface area contributed by atoms with Gasteiger partial charge in [0, 0.05) is 6.42 Å². The Morgan fingerprint density at radius 1 is 1.22 bits per heavy atom. The zero-order chi connectivity index (χ0) is 13.5. The second-order valence-corrected chi connectivity index (χ2v) is 3.78. The molecule has 100 valence electrons. The number of hydrogen-bond acceptors (Lipinski definition) is 1. The molecule has 0 amide bonds. The van der Waals surface area contributed by atoms with Crippen molar-refractivity contribution in [1.82, 2.24) is 0 Å². The summed E-state index contributed by atoms with van der Waals surface area (Å²) in [6, 6.07) is 2.97. The molecule has 0 saturated carbocycles. The number of hydrogen-bond donors (Lipinski definition) is 1. The Hall–Kier alpha value is -1.56. The van der Waals surface area contributed by atoms with E-state index in [4.69, 9.17) is 5.11 Å². The minimum atomic E-state index is -1.18. The molecule has 1 aromatic carbocycles. The second-order valence-electron chi connectivity index (χ2n) is 3.78. The largest absolute Gasteiger partial charge is 0.648 e. The van der Waals surface area contributed by atoms with Gasteiger partial charge in [-0.3, -0.25) is 13.6 Å². The van der Waals surface area contributed by atoms with Crippen molar-refractivity contribution in [1.29, 1.82) is 0 Å². The summed E-state index contributed by atoms with van der Waals surface area (Å²) in [4.78, 5) is 10.7. The van der Waals surface area contributed by atoms with E-state index in [2.05, 4.69) is 5.32 Å². The molecule has 1 rings (SSSR count). The van der Waals surface area contributed by atoms with E-state index >= 15 is 0 Å². The molecule has 0 bridgehead atoms. The minimum absolute atomic E-state index is 0.387. The van der Waals surface area contributed by atoms with Gasteiger partial charge in [-0.2, -0.15) is 0 Å². The number of benzene rings is 1. The molecule has 0 radical (unpaired) electrons. The normalized spacial score (nSPS) is 12.7. The van der Waals surface area contributed by atoms with E-state index < -0.39 is 37.2 Å². The predicted octanol–water partition coefficient (Wildman–Crippen LogP) is 3.02. The second kappa shape index (κ2) is 7.00. The Labute approximate surface area is 103 Å². The third-order valence-electron chi connectivity index (χ3n) is 2.37. The van der Waals surface area contributed by atoms with Crippen molar-refractivity contribution in [3.8, 4) is 0 Å². The standard InChI is InChI=1S/C12H13F3NO2/c13-6-10(7-14)16-11(5-12(17)18)8-1-3-9(15)4-2-8/h1-4,10-11H,5-7H2,(H,17,18)/q-1. The SMILES string of the molecule is O=C(O)CC([N-]C(CF)CF)c1ccc(F)cc1. The summed E-state index contributed by atoms with van der Waals surface area (Å²) in [6.45, 7) is -1.98. The van der Waals surface area contributed by atoms with Crippen LogP contribution in [0.2, 0.25) is 0 Å². The van der Waals surface area contributed by atoms with Crippen molar-refractivity contribution in [3.63, 3.8) is 0 Å². The highest BCUT2D eigenvalue weighted by Crippen LogP contribution is 2.28. The van der Waals surface area contributed by atoms with Crippen LogP contribution in [0.4, 0.5) is 13.2 Å². The summed E-state index contributed by atoms with van der Waals surface area (Å²) in [5.41, 5.74) is 0.422. The average molecular weight is 260 g/mol. The van der Waals surface area contributed by atoms with Crippen LogP contribution >= 0.6 is 0 Å². The van der Waals surface area contributed by atoms with Crippen molar-refractivity contribution >= 4 is 5.97 Å². The average Bonchev–Trinajstić information content (AvgIpc) is 2.35. The summed E-state index contributed by atoms with van der Waals surface area (Å²) >= 11 is 0. The molecule has 0 aromatic heterocycles. The number of nitrogens with zero attached hydrogens (tertiary/aromatic N) is 1. The van der Waals surface area contributed by atoms with Crippen LogP contribution in [0.1, 0.15) is 18.0 Å². The van der Waals surface area contributed by atoms with E-state index in [-0.39, 0.29) is 6.42 Å². The highest BCUT2D eigenvalue weighted by atomic mass is 19.1. The Morgan fingerprint density at radius 2 is 1.78 bits per heavy atom. The summed E-state index contributed by atoms with van der Waals surface area (Å²) in [7, 11) is 0. The van der Waals surface area contributed by atoms with Gasteiger partial charge in [0.15, 0.2) is 0 Å². The lowest BCUT2D eigenvalue weighted by Gasteiger charge is -2.36. The Kier molecular flexibility index (Phi) is 5.64. The van der Waals surface area contributed by atoms with E-state index in [1.165, 1.54) is 12.1 Å². The van der Waals surface area contributed by atoms with Gasteiger partial charge in [-0.15, -0.1) is 0 Å². The van der Waals surface area contributed by atoms with Gasteiger partial charge in [0.1, 0.15) is 5.82 Å². The molecular weight excluding hydrogens is 247 g/mol. The molecule has 0 aliphatic heterocycles. The number of rotatable bonds is 7. The number of alkyl halides is 2. The van der Waals surface area contributed by atoms with Crippen LogP contribution in [0, 0.1) is 5.82 Å². The highest BCUT2D eigenvalue weighted by molar-refractivity contribution is 5.68. The molecule has 0 aliphatic rings. The zero-order valence-corrected chi connectivity index (χ0v) is 9.52. The fraction of sp³-hybridized carbons (Fsp3) is 0.417. The van der Waals surface area contributed by atoms with Gasteiger partial charge in [-0.25, -0.2) is 4.39 Å². The summed E-state index contributed by atoms with van der Waals surface area (Å²) < 4.78 is 37.5. The first-order chi connectivity index (χ1) is 8.56. The Bertz CT molecular complexity index is 379. The minimum Gasteiger partial charge on any atom is -0.648 e. The molecule has 0 spiro atoms. The number of aliphatic carboxylic acids is 1. The fourth-order valence-electron chi connectivity index (χ4n) is 1.48. The van der Waals surface area contributed by atoms with E-state index in [1.807, 2.05) is 0 Å². The van der Waals surface area contributed by atoms with E-state index in [0.29, 0.717) is 5.56 Å². The topological polar surface area (TPSA) is 51.4 Å². The molecule has 1 atom stereocenters. The van der Waals surface area contributed by atoms with Gasteiger partial charge in [0.25, 0.3) is 0 Å². The number of carboxylic acids is 1. The van der Waals surface area contributed by atoms with Crippen molar-refractivity contribution in [2.45, 2.75) is 18.5 Å². The molecule has 0 fully saturated rings. The van der Waals surface area contributed by atoms with Gasteiger partial charge < -0.3 is 10.4 Å². The van der Waals surface area contributed by atoms with Crippen LogP contribution < -0.4 is 0 Å². The van der Waals surface area contributed by atoms with E-state index in [1.54, 1.807) is 0 Å². The molecule has 0 heterocycles. The van der Waals surface area contributed by atoms with Crippen molar-refractivity contribution in [2.75, 3.05) is 13.3 Å². The van der Waals surface area contributed by atoms with Crippen LogP contribution in [-0.2, 0) is 4.79 Å². The Morgan fingerprint density at radius 3 is 2.22 bits per heavy atom. The smallest absolute Gasteiger partial charge is 0.302 e. The first kappa shape index (κ1) is 14.5. The van der Waals surface area contributed by atoms with Gasteiger partial charge >= 0.3 is 5.97 Å². The van der Waals surface area contributed by atoms with Crippen molar-refractivity contribution in [3.05, 3.63) is 41.0 Å². The van der Waals surface area contributed by atoms with Crippen LogP contribution in [0.25, 0.3) is 5.32 Å². The molecule has 0 aliphatic carbocycles. The summed E-state index contributed by atoms with van der Waals surface area (Å²) in [5, 5.41) is 12.5. The van der Waals surface area contributed by atoms with E-state index in [0.717, 1.165) is 12.1 Å². The molecule has 6 heteroatoms. The lowest BCUT2D eigenvalue weighted by atomic mass is 10.0. The van der Waals surface area contributed by atoms with Gasteiger partial charge in [-0.05, 0) is 12.1 Å². The number of carbonyl (C=O) groups is 1. The quantitative estimate of drug-likeness (QED) is 0.819. The molecule has 0 saturated heterocycles. The summed E-state index contributed by atoms with van der Waals surface area (Å²) in [6.07, 6.45) is -0.387. The van der Waals surface area contributed by atoms with Crippen LogP contribution in [0.5, 0.6) is 0 Å². The maximum Gasteiger partial charge on any atom is 0.302 e. The number of carboxylic acid groups (broad SMARTS) is 1. The molecular formula is C12H13F3NO2-. The highest BCUT2D eigenvalue weighted by Gasteiger charge is 2.10. The van der Waals surface area contributed by atoms with Crippen LogP contribution in [0.15, 0.2) is 24.3 Å².